The molecule has 2 aliphatic heterocycles. The highest BCUT2D eigenvalue weighted by atomic mass is 32.2. The number of ketones is 1. The van der Waals surface area contributed by atoms with Crippen LogP contribution in [-0.2, 0) is 14.8 Å². The Labute approximate surface area is 203 Å². The Morgan fingerprint density at radius 1 is 0.971 bits per heavy atom. The number of rotatable bonds is 7. The summed E-state index contributed by atoms with van der Waals surface area (Å²) in [5.74, 6) is 1.62. The van der Waals surface area contributed by atoms with E-state index in [1.54, 1.807) is 12.1 Å². The van der Waals surface area contributed by atoms with Gasteiger partial charge in [-0.05, 0) is 56.3 Å². The van der Waals surface area contributed by atoms with Crippen molar-refractivity contribution in [2.24, 2.45) is 0 Å². The number of hydrogen-bond donors (Lipinski definition) is 0. The lowest BCUT2D eigenvalue weighted by Gasteiger charge is -2.26. The average Bonchev–Trinajstić information content (AvgIpc) is 3.46. The molecule has 0 radical (unpaired) electrons. The molecule has 2 aromatic carbocycles. The van der Waals surface area contributed by atoms with Crippen molar-refractivity contribution in [2.75, 3.05) is 39.7 Å². The average molecular weight is 499 g/mol. The molecule has 35 heavy (non-hydrogen) atoms. The van der Waals surface area contributed by atoms with Gasteiger partial charge in [0.15, 0.2) is 18.1 Å². The first kappa shape index (κ1) is 23.4. The van der Waals surface area contributed by atoms with E-state index in [-0.39, 0.29) is 24.1 Å². The molecule has 1 aromatic heterocycles. The fourth-order valence-electron chi connectivity index (χ4n) is 4.34. The minimum atomic E-state index is -3.58. The highest BCUT2D eigenvalue weighted by Crippen LogP contribution is 2.35. The smallest absolute Gasteiger partial charge is 0.243 e. The first-order valence-electron chi connectivity index (χ1n) is 11.3. The van der Waals surface area contributed by atoms with E-state index >= 15 is 0 Å². The van der Waals surface area contributed by atoms with E-state index in [0.29, 0.717) is 49.1 Å². The third kappa shape index (κ3) is 4.52. The zero-order valence-corrected chi connectivity index (χ0v) is 20.3. The molecule has 0 aliphatic carbocycles. The van der Waals surface area contributed by atoms with Gasteiger partial charge in [0.1, 0.15) is 5.75 Å². The van der Waals surface area contributed by atoms with E-state index in [0.717, 1.165) is 17.1 Å². The van der Waals surface area contributed by atoms with Gasteiger partial charge in [0.2, 0.25) is 22.6 Å². The SMILES string of the molecule is Cc1cc(C(=O)COc2ccc(S(=O)(=O)N3CCOCC3)cc2)c(C)n1-c1ccc2c(c1)OCO2. The van der Waals surface area contributed by atoms with E-state index in [4.69, 9.17) is 18.9 Å². The summed E-state index contributed by atoms with van der Waals surface area (Å²) in [6.07, 6.45) is 0. The Kier molecular flexibility index (Phi) is 6.26. The molecule has 0 unspecified atom stereocenters. The summed E-state index contributed by atoms with van der Waals surface area (Å²) in [6.45, 7) is 5.29. The maximum Gasteiger partial charge on any atom is 0.243 e. The lowest BCUT2D eigenvalue weighted by molar-refractivity contribution is 0.0730. The molecule has 0 spiro atoms. The molecule has 0 bridgehead atoms. The topological polar surface area (TPSA) is 96.3 Å². The molecule has 0 amide bonds. The van der Waals surface area contributed by atoms with E-state index in [1.807, 2.05) is 42.7 Å². The Morgan fingerprint density at radius 3 is 2.43 bits per heavy atom. The highest BCUT2D eigenvalue weighted by molar-refractivity contribution is 7.89. The summed E-state index contributed by atoms with van der Waals surface area (Å²) in [5, 5.41) is 0. The van der Waals surface area contributed by atoms with E-state index in [2.05, 4.69) is 0 Å². The van der Waals surface area contributed by atoms with Crippen molar-refractivity contribution in [3.05, 3.63) is 65.5 Å². The molecule has 2 aliphatic rings. The third-order valence-electron chi connectivity index (χ3n) is 6.15. The quantitative estimate of drug-likeness (QED) is 0.462. The van der Waals surface area contributed by atoms with Crippen LogP contribution < -0.4 is 14.2 Å². The zero-order valence-electron chi connectivity index (χ0n) is 19.5. The number of sulfonamides is 1. The molecule has 5 rings (SSSR count). The highest BCUT2D eigenvalue weighted by Gasteiger charge is 2.26. The number of hydrogen-bond acceptors (Lipinski definition) is 7. The largest absolute Gasteiger partial charge is 0.485 e. The van der Waals surface area contributed by atoms with Crippen LogP contribution in [0.5, 0.6) is 17.2 Å². The van der Waals surface area contributed by atoms with Gasteiger partial charge in [-0.25, -0.2) is 8.42 Å². The first-order valence-corrected chi connectivity index (χ1v) is 12.7. The van der Waals surface area contributed by atoms with Crippen molar-refractivity contribution in [1.82, 2.24) is 8.87 Å². The molecule has 1 saturated heterocycles. The molecule has 184 valence electrons. The van der Waals surface area contributed by atoms with Crippen LogP contribution in [0, 0.1) is 13.8 Å². The Hall–Kier alpha value is -3.34. The number of carbonyl (C=O) groups is 1. The summed E-state index contributed by atoms with van der Waals surface area (Å²) < 4.78 is 50.7. The van der Waals surface area contributed by atoms with Crippen molar-refractivity contribution in [3.63, 3.8) is 0 Å². The summed E-state index contributed by atoms with van der Waals surface area (Å²) >= 11 is 0. The summed E-state index contributed by atoms with van der Waals surface area (Å²) in [6, 6.07) is 13.6. The second-order valence-corrected chi connectivity index (χ2v) is 10.3. The van der Waals surface area contributed by atoms with Gasteiger partial charge < -0.3 is 23.5 Å². The van der Waals surface area contributed by atoms with Crippen molar-refractivity contribution >= 4 is 15.8 Å². The Balaban J connectivity index is 1.27. The molecule has 9 nitrogen and oxygen atoms in total. The fourth-order valence-corrected chi connectivity index (χ4v) is 5.75. The fraction of sp³-hybridized carbons (Fsp3) is 0.320. The molecule has 3 heterocycles. The first-order chi connectivity index (χ1) is 16.8. The number of aromatic nitrogens is 1. The second-order valence-electron chi connectivity index (χ2n) is 8.36. The van der Waals surface area contributed by atoms with Crippen molar-refractivity contribution < 1.29 is 32.2 Å². The maximum absolute atomic E-state index is 13.0. The molecular weight excluding hydrogens is 472 g/mol. The molecule has 10 heteroatoms. The van der Waals surface area contributed by atoms with Gasteiger partial charge in [0, 0.05) is 41.8 Å². The van der Waals surface area contributed by atoms with Crippen molar-refractivity contribution in [3.8, 4) is 22.9 Å². The van der Waals surface area contributed by atoms with Crippen LogP contribution in [-0.4, -0.2) is 62.8 Å². The van der Waals surface area contributed by atoms with E-state index in [9.17, 15) is 13.2 Å². The number of ether oxygens (including phenoxy) is 4. The second kappa shape index (κ2) is 9.37. The molecule has 1 fully saturated rings. The van der Waals surface area contributed by atoms with Crippen LogP contribution in [0.3, 0.4) is 0 Å². The molecule has 0 N–H and O–H groups in total. The molecule has 3 aromatic rings. The van der Waals surface area contributed by atoms with Crippen LogP contribution in [0.2, 0.25) is 0 Å². The summed E-state index contributed by atoms with van der Waals surface area (Å²) in [5.41, 5.74) is 3.14. The van der Waals surface area contributed by atoms with Crippen molar-refractivity contribution in [2.45, 2.75) is 18.7 Å². The van der Waals surface area contributed by atoms with Gasteiger partial charge in [-0.1, -0.05) is 0 Å². The van der Waals surface area contributed by atoms with Crippen LogP contribution in [0.25, 0.3) is 5.69 Å². The molecule has 0 saturated carbocycles. The maximum atomic E-state index is 13.0. The van der Waals surface area contributed by atoms with Gasteiger partial charge in [0.25, 0.3) is 0 Å². The van der Waals surface area contributed by atoms with Gasteiger partial charge in [0.05, 0.1) is 18.1 Å². The lowest BCUT2D eigenvalue weighted by atomic mass is 10.1. The number of nitrogens with zero attached hydrogens (tertiary/aromatic N) is 2. The van der Waals surface area contributed by atoms with Gasteiger partial charge in [-0.3, -0.25) is 4.79 Å². The monoisotopic (exact) mass is 498 g/mol. The Morgan fingerprint density at radius 2 is 1.69 bits per heavy atom. The zero-order chi connectivity index (χ0) is 24.6. The number of fused-ring (bicyclic) bond motifs is 1. The van der Waals surface area contributed by atoms with Gasteiger partial charge >= 0.3 is 0 Å². The van der Waals surface area contributed by atoms with Crippen LogP contribution in [0.15, 0.2) is 53.4 Å². The Bertz CT molecular complexity index is 1360. The van der Waals surface area contributed by atoms with Crippen LogP contribution >= 0.6 is 0 Å². The van der Waals surface area contributed by atoms with Crippen LogP contribution in [0.1, 0.15) is 21.7 Å². The lowest BCUT2D eigenvalue weighted by Crippen LogP contribution is -2.40. The predicted molar refractivity (Wildman–Crippen MR) is 127 cm³/mol. The minimum Gasteiger partial charge on any atom is -0.485 e. The van der Waals surface area contributed by atoms with Gasteiger partial charge in [-0.2, -0.15) is 4.31 Å². The summed E-state index contributed by atoms with van der Waals surface area (Å²) in [4.78, 5) is 13.1. The molecular formula is C25H26N2O7S. The predicted octanol–water partition coefficient (Wildman–Crippen LogP) is 3.11. The number of benzene rings is 2. The number of morpholine rings is 1. The third-order valence-corrected chi connectivity index (χ3v) is 8.06. The molecule has 0 atom stereocenters. The normalized spacial score (nSPS) is 15.8. The minimum absolute atomic E-state index is 0.166. The number of carbonyl (C=O) groups excluding carboxylic acids is 1. The van der Waals surface area contributed by atoms with Gasteiger partial charge in [-0.15, -0.1) is 0 Å². The van der Waals surface area contributed by atoms with E-state index < -0.39 is 10.0 Å². The van der Waals surface area contributed by atoms with E-state index in [1.165, 1.54) is 16.4 Å². The number of Topliss-reactive ketones (excluding diaryl/α,β-unsaturated/α-hetero) is 1. The van der Waals surface area contributed by atoms with Crippen LogP contribution in [0.4, 0.5) is 0 Å². The van der Waals surface area contributed by atoms with Crippen molar-refractivity contribution in [1.29, 1.82) is 0 Å². The standard InChI is InChI=1S/C25H26N2O7S/c1-17-13-22(18(2)27(17)19-3-8-24-25(14-19)34-16-33-24)23(28)15-32-20-4-6-21(7-5-20)35(29,30)26-9-11-31-12-10-26/h3-8,13-14H,9-12,15-16H2,1-2H3. The number of aryl methyl sites for hydroxylation is 1. The summed E-state index contributed by atoms with van der Waals surface area (Å²) in [7, 11) is -3.58.